The van der Waals surface area contributed by atoms with Gasteiger partial charge in [-0.05, 0) is 24.8 Å². The molecule has 0 N–H and O–H groups in total. The number of alkyl halides is 1. The molecule has 0 aromatic carbocycles. The quantitative estimate of drug-likeness (QED) is 0.757. The van der Waals surface area contributed by atoms with Crippen LogP contribution >= 0.6 is 0 Å². The maximum absolute atomic E-state index is 12.0. The Morgan fingerprint density at radius 3 is 2.88 bits per heavy atom. The Morgan fingerprint density at radius 2 is 2.25 bits per heavy atom. The predicted octanol–water partition coefficient (Wildman–Crippen LogP) is 1.18. The summed E-state index contributed by atoms with van der Waals surface area (Å²) in [6, 6.07) is 1.64. The normalized spacial score (nSPS) is 16.6. The molecule has 0 spiro atoms. The van der Waals surface area contributed by atoms with E-state index in [2.05, 4.69) is 5.10 Å². The van der Waals surface area contributed by atoms with Gasteiger partial charge in [0.05, 0.1) is 23.7 Å². The summed E-state index contributed by atoms with van der Waals surface area (Å²) in [4.78, 5) is 0. The van der Waals surface area contributed by atoms with Gasteiger partial charge >= 0.3 is 0 Å². The molecule has 1 saturated carbocycles. The summed E-state index contributed by atoms with van der Waals surface area (Å²) < 4.78 is 36.8. The molecule has 0 bridgehead atoms. The van der Waals surface area contributed by atoms with Crippen LogP contribution in [0.15, 0.2) is 12.3 Å². The monoisotopic (exact) mass is 246 g/mol. The molecule has 1 aromatic rings. The SMILES string of the molecule is O=S(=O)(Cc1ccn(CCF)n1)CC1CC1. The van der Waals surface area contributed by atoms with Gasteiger partial charge in [0, 0.05) is 6.20 Å². The summed E-state index contributed by atoms with van der Waals surface area (Å²) in [5.74, 6) is 0.601. The molecule has 0 amide bonds. The van der Waals surface area contributed by atoms with Gasteiger partial charge in [-0.3, -0.25) is 4.68 Å². The Labute approximate surface area is 94.4 Å². The van der Waals surface area contributed by atoms with Crippen LogP contribution in [0.4, 0.5) is 4.39 Å². The van der Waals surface area contributed by atoms with Crippen LogP contribution in [-0.4, -0.2) is 30.6 Å². The number of sulfone groups is 1. The van der Waals surface area contributed by atoms with Crippen molar-refractivity contribution in [2.24, 2.45) is 5.92 Å². The van der Waals surface area contributed by atoms with Crippen LogP contribution < -0.4 is 0 Å². The standard InChI is InChI=1S/C10H15FN2O2S/c11-4-6-13-5-3-10(12-13)8-16(14,15)7-9-1-2-9/h3,5,9H,1-2,4,6-8H2. The number of hydrogen-bond donors (Lipinski definition) is 0. The summed E-state index contributed by atoms with van der Waals surface area (Å²) in [6.07, 6.45) is 3.66. The lowest BCUT2D eigenvalue weighted by Gasteiger charge is -2.00. The Kier molecular flexibility index (Phi) is 3.28. The summed E-state index contributed by atoms with van der Waals surface area (Å²) in [5.41, 5.74) is 0.508. The smallest absolute Gasteiger partial charge is 0.156 e. The molecule has 0 radical (unpaired) electrons. The average Bonchev–Trinajstić information content (AvgIpc) is 2.87. The third kappa shape index (κ3) is 3.30. The molecule has 0 aliphatic heterocycles. The fourth-order valence-electron chi connectivity index (χ4n) is 1.62. The first-order valence-electron chi connectivity index (χ1n) is 5.38. The molecule has 0 atom stereocenters. The van der Waals surface area contributed by atoms with Gasteiger partial charge in [-0.2, -0.15) is 5.10 Å². The second-order valence-electron chi connectivity index (χ2n) is 4.26. The van der Waals surface area contributed by atoms with Gasteiger partial charge in [-0.1, -0.05) is 0 Å². The molecule has 16 heavy (non-hydrogen) atoms. The Balaban J connectivity index is 1.96. The molecular formula is C10H15FN2O2S. The van der Waals surface area contributed by atoms with Gasteiger partial charge in [0.25, 0.3) is 0 Å². The number of aryl methyl sites for hydroxylation is 1. The first-order valence-corrected chi connectivity index (χ1v) is 7.20. The van der Waals surface area contributed by atoms with E-state index < -0.39 is 16.5 Å². The molecule has 1 aromatic heterocycles. The van der Waals surface area contributed by atoms with Crippen LogP contribution in [0, 0.1) is 5.92 Å². The molecule has 4 nitrogen and oxygen atoms in total. The second kappa shape index (κ2) is 4.53. The summed E-state index contributed by atoms with van der Waals surface area (Å²) in [6.45, 7) is -0.307. The zero-order chi connectivity index (χ0) is 11.6. The number of halogens is 1. The van der Waals surface area contributed by atoms with Crippen molar-refractivity contribution in [2.45, 2.75) is 25.1 Å². The number of rotatable bonds is 6. The van der Waals surface area contributed by atoms with Crippen molar-refractivity contribution in [1.29, 1.82) is 0 Å². The third-order valence-electron chi connectivity index (χ3n) is 2.56. The molecule has 0 saturated heterocycles. The van der Waals surface area contributed by atoms with Crippen LogP contribution in [0.5, 0.6) is 0 Å². The predicted molar refractivity (Wildman–Crippen MR) is 58.4 cm³/mol. The number of aromatic nitrogens is 2. The molecule has 1 aliphatic rings. The summed E-state index contributed by atoms with van der Waals surface area (Å²) in [5, 5.41) is 4.01. The van der Waals surface area contributed by atoms with Crippen molar-refractivity contribution in [3.63, 3.8) is 0 Å². The third-order valence-corrected chi connectivity index (χ3v) is 4.28. The average molecular weight is 246 g/mol. The van der Waals surface area contributed by atoms with E-state index in [4.69, 9.17) is 0 Å². The van der Waals surface area contributed by atoms with Gasteiger partial charge in [-0.25, -0.2) is 12.8 Å². The van der Waals surface area contributed by atoms with E-state index in [1.807, 2.05) is 0 Å². The van der Waals surface area contributed by atoms with E-state index >= 15 is 0 Å². The van der Waals surface area contributed by atoms with E-state index in [1.54, 1.807) is 12.3 Å². The highest BCUT2D eigenvalue weighted by atomic mass is 32.2. The molecule has 90 valence electrons. The van der Waals surface area contributed by atoms with Gasteiger partial charge in [0.15, 0.2) is 9.84 Å². The highest BCUT2D eigenvalue weighted by Gasteiger charge is 2.28. The van der Waals surface area contributed by atoms with E-state index in [1.165, 1.54) is 4.68 Å². The summed E-state index contributed by atoms with van der Waals surface area (Å²) >= 11 is 0. The van der Waals surface area contributed by atoms with Gasteiger partial charge < -0.3 is 0 Å². The minimum absolute atomic E-state index is 0.0250. The minimum atomic E-state index is -3.04. The molecule has 1 aliphatic carbocycles. The zero-order valence-corrected chi connectivity index (χ0v) is 9.79. The van der Waals surface area contributed by atoms with Gasteiger partial charge in [0.1, 0.15) is 6.67 Å². The highest BCUT2D eigenvalue weighted by Crippen LogP contribution is 2.30. The molecule has 2 rings (SSSR count). The van der Waals surface area contributed by atoms with E-state index in [0.29, 0.717) is 11.6 Å². The van der Waals surface area contributed by atoms with Crippen LogP contribution in [0.1, 0.15) is 18.5 Å². The maximum Gasteiger partial charge on any atom is 0.156 e. The van der Waals surface area contributed by atoms with Crippen molar-refractivity contribution in [2.75, 3.05) is 12.4 Å². The fourth-order valence-corrected chi connectivity index (χ4v) is 3.39. The summed E-state index contributed by atoms with van der Waals surface area (Å²) in [7, 11) is -3.04. The van der Waals surface area contributed by atoms with Crippen molar-refractivity contribution in [3.05, 3.63) is 18.0 Å². The lowest BCUT2D eigenvalue weighted by Crippen LogP contribution is -2.11. The van der Waals surface area contributed by atoms with Crippen molar-refractivity contribution in [1.82, 2.24) is 9.78 Å². The van der Waals surface area contributed by atoms with Crippen LogP contribution in [-0.2, 0) is 22.1 Å². The maximum atomic E-state index is 12.0. The largest absolute Gasteiger partial charge is 0.270 e. The van der Waals surface area contributed by atoms with Crippen LogP contribution in [0.2, 0.25) is 0 Å². The molecule has 6 heteroatoms. The molecular weight excluding hydrogens is 231 g/mol. The van der Waals surface area contributed by atoms with Gasteiger partial charge in [0.2, 0.25) is 0 Å². The van der Waals surface area contributed by atoms with Crippen LogP contribution in [0.3, 0.4) is 0 Å². The zero-order valence-electron chi connectivity index (χ0n) is 8.97. The number of hydrogen-bond acceptors (Lipinski definition) is 3. The highest BCUT2D eigenvalue weighted by molar-refractivity contribution is 7.90. The Hall–Kier alpha value is -0.910. The first kappa shape index (κ1) is 11.6. The van der Waals surface area contributed by atoms with Crippen LogP contribution in [0.25, 0.3) is 0 Å². The fraction of sp³-hybridized carbons (Fsp3) is 0.700. The molecule has 0 unspecified atom stereocenters. The van der Waals surface area contributed by atoms with Crippen molar-refractivity contribution < 1.29 is 12.8 Å². The van der Waals surface area contributed by atoms with Crippen molar-refractivity contribution >= 4 is 9.84 Å². The van der Waals surface area contributed by atoms with Gasteiger partial charge in [-0.15, -0.1) is 0 Å². The first-order chi connectivity index (χ1) is 7.59. The van der Waals surface area contributed by atoms with E-state index in [-0.39, 0.29) is 18.1 Å². The lowest BCUT2D eigenvalue weighted by atomic mass is 10.5. The Bertz CT molecular complexity index is 451. The number of nitrogens with zero attached hydrogens (tertiary/aromatic N) is 2. The molecule has 1 heterocycles. The van der Waals surface area contributed by atoms with E-state index in [0.717, 1.165) is 12.8 Å². The topological polar surface area (TPSA) is 52.0 Å². The minimum Gasteiger partial charge on any atom is -0.270 e. The Morgan fingerprint density at radius 1 is 1.50 bits per heavy atom. The van der Waals surface area contributed by atoms with E-state index in [9.17, 15) is 12.8 Å². The molecule has 1 fully saturated rings. The lowest BCUT2D eigenvalue weighted by molar-refractivity contribution is 0.426. The van der Waals surface area contributed by atoms with Crippen molar-refractivity contribution in [3.8, 4) is 0 Å². The second-order valence-corrected chi connectivity index (χ2v) is 6.37.